The van der Waals surface area contributed by atoms with Gasteiger partial charge in [0.05, 0.1) is 0 Å². The Balaban J connectivity index is 3.13. The minimum atomic E-state index is -3.07. The van der Waals surface area contributed by atoms with Crippen molar-refractivity contribution in [1.29, 1.82) is 0 Å². The Morgan fingerprint density at radius 2 is 2.13 bits per heavy atom. The number of alkyl halides is 2. The predicted octanol–water partition coefficient (Wildman–Crippen LogP) is 1.98. The lowest BCUT2D eigenvalue weighted by Gasteiger charge is -2.06. The average molecular weight is 214 g/mol. The molecular formula is C10H5F3O2. The van der Waals surface area contributed by atoms with Crippen LogP contribution in [0.4, 0.5) is 13.2 Å². The van der Waals surface area contributed by atoms with Gasteiger partial charge in [0.2, 0.25) is 0 Å². The van der Waals surface area contributed by atoms with Crippen molar-refractivity contribution >= 4 is 6.29 Å². The molecule has 0 radical (unpaired) electrons. The zero-order chi connectivity index (χ0) is 11.3. The first kappa shape index (κ1) is 11.1. The molecule has 0 aromatic heterocycles. The van der Waals surface area contributed by atoms with E-state index >= 15 is 0 Å². The van der Waals surface area contributed by atoms with Crippen LogP contribution in [0.15, 0.2) is 18.2 Å². The lowest BCUT2D eigenvalue weighted by Crippen LogP contribution is -2.04. The normalized spacial score (nSPS) is 9.33. The maximum atomic E-state index is 13.1. The van der Waals surface area contributed by atoms with Crippen LogP contribution in [0.1, 0.15) is 5.56 Å². The Bertz CT molecular complexity index is 418. The number of carbonyl (C=O) groups excluding carboxylic acids is 1. The first-order valence-electron chi connectivity index (χ1n) is 3.83. The molecule has 0 saturated heterocycles. The maximum absolute atomic E-state index is 13.1. The fraction of sp³-hybridized carbons (Fsp3) is 0.100. The Morgan fingerprint density at radius 3 is 2.73 bits per heavy atom. The van der Waals surface area contributed by atoms with E-state index in [1.165, 1.54) is 6.07 Å². The quantitative estimate of drug-likeness (QED) is 0.555. The molecule has 0 amide bonds. The highest BCUT2D eigenvalue weighted by Crippen LogP contribution is 2.22. The molecular weight excluding hydrogens is 209 g/mol. The summed E-state index contributed by atoms with van der Waals surface area (Å²) in [7, 11) is 0. The number of hydrogen-bond donors (Lipinski definition) is 0. The van der Waals surface area contributed by atoms with Gasteiger partial charge < -0.3 is 4.74 Å². The zero-order valence-electron chi connectivity index (χ0n) is 7.34. The largest absolute Gasteiger partial charge is 0.433 e. The van der Waals surface area contributed by atoms with E-state index in [4.69, 9.17) is 0 Å². The second-order valence-electron chi connectivity index (χ2n) is 2.38. The summed E-state index contributed by atoms with van der Waals surface area (Å²) in [4.78, 5) is 9.94. The van der Waals surface area contributed by atoms with E-state index in [2.05, 4.69) is 10.7 Å². The first-order valence-corrected chi connectivity index (χ1v) is 3.83. The van der Waals surface area contributed by atoms with Crippen molar-refractivity contribution in [1.82, 2.24) is 0 Å². The first-order chi connectivity index (χ1) is 7.15. The smallest absolute Gasteiger partial charge is 0.387 e. The van der Waals surface area contributed by atoms with E-state index < -0.39 is 12.4 Å². The van der Waals surface area contributed by atoms with Crippen molar-refractivity contribution in [2.75, 3.05) is 0 Å². The third-order valence-electron chi connectivity index (χ3n) is 1.45. The van der Waals surface area contributed by atoms with Crippen LogP contribution in [0.2, 0.25) is 0 Å². The van der Waals surface area contributed by atoms with Crippen LogP contribution in [0.25, 0.3) is 0 Å². The van der Waals surface area contributed by atoms with Crippen molar-refractivity contribution in [3.63, 3.8) is 0 Å². The molecule has 1 aromatic rings. The minimum Gasteiger partial charge on any atom is -0.433 e. The average Bonchev–Trinajstić information content (AvgIpc) is 2.16. The third kappa shape index (κ3) is 3.02. The molecule has 0 unspecified atom stereocenters. The Morgan fingerprint density at radius 1 is 1.40 bits per heavy atom. The van der Waals surface area contributed by atoms with Crippen molar-refractivity contribution in [2.24, 2.45) is 0 Å². The molecule has 5 heteroatoms. The summed E-state index contributed by atoms with van der Waals surface area (Å²) in [6.07, 6.45) is 0.235. The summed E-state index contributed by atoms with van der Waals surface area (Å²) in [5.41, 5.74) is -0.357. The van der Waals surface area contributed by atoms with E-state index in [1.54, 1.807) is 0 Å². The summed E-state index contributed by atoms with van der Waals surface area (Å²) < 4.78 is 40.9. The number of halogens is 3. The molecule has 0 aliphatic heterocycles. The van der Waals surface area contributed by atoms with E-state index in [1.807, 2.05) is 5.92 Å². The summed E-state index contributed by atoms with van der Waals surface area (Å²) in [6, 6.07) is 3.39. The molecule has 0 aliphatic rings. The molecule has 1 rings (SSSR count). The number of aldehydes is 1. The molecule has 0 atom stereocenters. The number of carbonyl (C=O) groups is 1. The molecule has 0 saturated carbocycles. The van der Waals surface area contributed by atoms with Gasteiger partial charge in [0.1, 0.15) is 17.1 Å². The van der Waals surface area contributed by atoms with Crippen molar-refractivity contribution in [2.45, 2.75) is 6.61 Å². The van der Waals surface area contributed by atoms with Crippen LogP contribution >= 0.6 is 0 Å². The Labute approximate surface area is 83.7 Å². The summed E-state index contributed by atoms with van der Waals surface area (Å²) in [5.74, 6) is 2.80. The SMILES string of the molecule is O=CC#Cc1c(F)cccc1OC(F)F. The molecule has 15 heavy (non-hydrogen) atoms. The number of benzene rings is 1. The number of rotatable bonds is 2. The minimum absolute atomic E-state index is 0.235. The second-order valence-corrected chi connectivity index (χ2v) is 2.38. The fourth-order valence-electron chi connectivity index (χ4n) is 0.921. The van der Waals surface area contributed by atoms with Crippen molar-refractivity contribution < 1.29 is 22.7 Å². The topological polar surface area (TPSA) is 26.3 Å². The molecule has 0 fully saturated rings. The van der Waals surface area contributed by atoms with E-state index in [9.17, 15) is 18.0 Å². The molecule has 0 bridgehead atoms. The predicted molar refractivity (Wildman–Crippen MR) is 46.0 cm³/mol. The van der Waals surface area contributed by atoms with Gasteiger partial charge in [-0.1, -0.05) is 12.0 Å². The van der Waals surface area contributed by atoms with Crippen LogP contribution in [-0.4, -0.2) is 12.9 Å². The summed E-state index contributed by atoms with van der Waals surface area (Å²) in [6.45, 7) is -3.07. The third-order valence-corrected chi connectivity index (χ3v) is 1.45. The van der Waals surface area contributed by atoms with Gasteiger partial charge in [0.15, 0.2) is 6.29 Å². The fourth-order valence-corrected chi connectivity index (χ4v) is 0.921. The van der Waals surface area contributed by atoms with Crippen LogP contribution in [-0.2, 0) is 4.79 Å². The highest BCUT2D eigenvalue weighted by atomic mass is 19.3. The Hall–Kier alpha value is -1.96. The van der Waals surface area contributed by atoms with Gasteiger partial charge in [-0.05, 0) is 18.1 Å². The van der Waals surface area contributed by atoms with Gasteiger partial charge in [-0.3, -0.25) is 4.79 Å². The highest BCUT2D eigenvalue weighted by molar-refractivity contribution is 5.74. The van der Waals surface area contributed by atoms with Crippen LogP contribution in [0.3, 0.4) is 0 Å². The van der Waals surface area contributed by atoms with Crippen LogP contribution in [0.5, 0.6) is 5.75 Å². The summed E-state index contributed by atoms with van der Waals surface area (Å²) >= 11 is 0. The van der Waals surface area contributed by atoms with Gasteiger partial charge in [-0.15, -0.1) is 0 Å². The molecule has 78 valence electrons. The maximum Gasteiger partial charge on any atom is 0.387 e. The molecule has 0 spiro atoms. The lowest BCUT2D eigenvalue weighted by atomic mass is 10.2. The van der Waals surface area contributed by atoms with Gasteiger partial charge in [-0.25, -0.2) is 4.39 Å². The Kier molecular flexibility index (Phi) is 3.75. The van der Waals surface area contributed by atoms with Crippen LogP contribution in [0, 0.1) is 17.7 Å². The van der Waals surface area contributed by atoms with Crippen molar-refractivity contribution in [3.8, 4) is 17.6 Å². The summed E-state index contributed by atoms with van der Waals surface area (Å²) in [5, 5.41) is 0. The van der Waals surface area contributed by atoms with E-state index in [0.717, 1.165) is 12.1 Å². The van der Waals surface area contributed by atoms with Gasteiger partial charge >= 0.3 is 6.61 Å². The van der Waals surface area contributed by atoms with Gasteiger partial charge in [0, 0.05) is 0 Å². The number of hydrogen-bond acceptors (Lipinski definition) is 2. The van der Waals surface area contributed by atoms with Gasteiger partial charge in [-0.2, -0.15) is 8.78 Å². The number of ether oxygens (including phenoxy) is 1. The molecule has 1 aromatic carbocycles. The molecule has 2 nitrogen and oxygen atoms in total. The lowest BCUT2D eigenvalue weighted by molar-refractivity contribution is -0.103. The van der Waals surface area contributed by atoms with Gasteiger partial charge in [0.25, 0.3) is 0 Å². The van der Waals surface area contributed by atoms with Crippen LogP contribution < -0.4 is 4.74 Å². The second kappa shape index (κ2) is 5.05. The van der Waals surface area contributed by atoms with E-state index in [-0.39, 0.29) is 17.6 Å². The van der Waals surface area contributed by atoms with Crippen molar-refractivity contribution in [3.05, 3.63) is 29.6 Å². The molecule has 0 aliphatic carbocycles. The standard InChI is InChI=1S/C10H5F3O2/c11-8-4-1-5-9(15-10(12)13)7(8)3-2-6-14/h1,4-6,10H. The highest BCUT2D eigenvalue weighted by Gasteiger charge is 2.11. The molecule has 0 heterocycles. The monoisotopic (exact) mass is 214 g/mol. The van der Waals surface area contributed by atoms with E-state index in [0.29, 0.717) is 0 Å². The molecule has 0 N–H and O–H groups in total. The zero-order valence-corrected chi connectivity index (χ0v) is 7.34.